The number of hydrogen-bond acceptors (Lipinski definition) is 3. The van der Waals surface area contributed by atoms with E-state index in [2.05, 4.69) is 23.3 Å². The molecule has 0 aliphatic rings. The van der Waals surface area contributed by atoms with E-state index >= 15 is 0 Å². The Morgan fingerprint density at radius 1 is 0.897 bits per heavy atom. The third kappa shape index (κ3) is 4.66. The van der Waals surface area contributed by atoms with E-state index in [1.165, 1.54) is 17.3 Å². The Labute approximate surface area is 175 Å². The van der Waals surface area contributed by atoms with E-state index < -0.39 is 0 Å². The van der Waals surface area contributed by atoms with Crippen LogP contribution in [0.4, 0.5) is 0 Å². The molecule has 1 heterocycles. The third-order valence-electron chi connectivity index (χ3n) is 4.82. The minimum absolute atomic E-state index is 0.0136. The molecule has 4 aromatic rings. The second-order valence-electron chi connectivity index (χ2n) is 6.91. The first-order valence-corrected chi connectivity index (χ1v) is 10.6. The molecule has 1 aromatic heterocycles. The van der Waals surface area contributed by atoms with Crippen LogP contribution in [-0.4, -0.2) is 16.6 Å². The molecule has 0 bridgehead atoms. The summed E-state index contributed by atoms with van der Waals surface area (Å²) in [4.78, 5) is 17.4. The Hall–Kier alpha value is -3.11. The number of hydrogen-bond donors (Lipinski definition) is 1. The van der Waals surface area contributed by atoms with Crippen LogP contribution in [0.1, 0.15) is 22.7 Å². The molecule has 1 N–H and O–H groups in total. The standard InChI is InChI=1S/C25H22N2OS/c1-18-16-24(26-22-15-9-8-14-21(18)22)29-17-23(28)27-25(19-10-4-2-5-11-19)20-12-6-3-7-13-20/h2-16,25H,17H2,1H3,(H,27,28). The highest BCUT2D eigenvalue weighted by molar-refractivity contribution is 7.99. The van der Waals surface area contributed by atoms with Gasteiger partial charge in [0.2, 0.25) is 5.91 Å². The molecule has 0 radical (unpaired) electrons. The molecule has 0 saturated heterocycles. The molecule has 3 aromatic carbocycles. The largest absolute Gasteiger partial charge is 0.344 e. The Kier molecular flexibility index (Phi) is 5.92. The molecule has 0 fully saturated rings. The number of fused-ring (bicyclic) bond motifs is 1. The summed E-state index contributed by atoms with van der Waals surface area (Å²) in [5.74, 6) is 0.307. The van der Waals surface area contributed by atoms with E-state index in [9.17, 15) is 4.79 Å². The average Bonchev–Trinajstić information content (AvgIpc) is 2.77. The summed E-state index contributed by atoms with van der Waals surface area (Å²) in [6.07, 6.45) is 0. The zero-order valence-electron chi connectivity index (χ0n) is 16.2. The highest BCUT2D eigenvalue weighted by Crippen LogP contribution is 2.25. The number of carbonyl (C=O) groups excluding carboxylic acids is 1. The second-order valence-corrected chi connectivity index (χ2v) is 7.90. The highest BCUT2D eigenvalue weighted by Gasteiger charge is 2.17. The number of nitrogens with one attached hydrogen (secondary N) is 1. The molecule has 3 nitrogen and oxygen atoms in total. The van der Waals surface area contributed by atoms with Gasteiger partial charge in [-0.3, -0.25) is 4.79 Å². The summed E-state index contributed by atoms with van der Waals surface area (Å²) in [5.41, 5.74) is 4.26. The van der Waals surface area contributed by atoms with Crippen molar-refractivity contribution in [1.82, 2.24) is 10.3 Å². The first-order valence-electron chi connectivity index (χ1n) is 9.59. The minimum atomic E-state index is -0.170. The van der Waals surface area contributed by atoms with Crippen LogP contribution in [0.5, 0.6) is 0 Å². The van der Waals surface area contributed by atoms with Crippen molar-refractivity contribution >= 4 is 28.6 Å². The number of nitrogens with zero attached hydrogens (tertiary/aromatic N) is 1. The average molecular weight is 399 g/mol. The van der Waals surface area contributed by atoms with Gasteiger partial charge in [-0.15, -0.1) is 0 Å². The summed E-state index contributed by atoms with van der Waals surface area (Å²) in [5, 5.41) is 5.20. The van der Waals surface area contributed by atoms with Gasteiger partial charge < -0.3 is 5.32 Å². The summed E-state index contributed by atoms with van der Waals surface area (Å²) in [6.45, 7) is 2.08. The quantitative estimate of drug-likeness (QED) is 0.434. The van der Waals surface area contributed by atoms with Gasteiger partial charge in [0.05, 0.1) is 22.3 Å². The Morgan fingerprint density at radius 2 is 1.48 bits per heavy atom. The van der Waals surface area contributed by atoms with E-state index in [1.54, 1.807) is 0 Å². The van der Waals surface area contributed by atoms with Gasteiger partial charge in [0.25, 0.3) is 0 Å². The van der Waals surface area contributed by atoms with Crippen LogP contribution in [0.25, 0.3) is 10.9 Å². The lowest BCUT2D eigenvalue weighted by atomic mass is 9.99. The molecule has 0 aliphatic heterocycles. The van der Waals surface area contributed by atoms with Gasteiger partial charge in [0.1, 0.15) is 0 Å². The predicted octanol–water partition coefficient (Wildman–Crippen LogP) is 5.54. The first kappa shape index (κ1) is 19.2. The van der Waals surface area contributed by atoms with Crippen LogP contribution < -0.4 is 5.32 Å². The summed E-state index contributed by atoms with van der Waals surface area (Å²) in [7, 11) is 0. The maximum absolute atomic E-state index is 12.8. The van der Waals surface area contributed by atoms with E-state index in [1.807, 2.05) is 84.9 Å². The van der Waals surface area contributed by atoms with Crippen molar-refractivity contribution < 1.29 is 4.79 Å². The van der Waals surface area contributed by atoms with Crippen molar-refractivity contribution in [2.75, 3.05) is 5.75 Å². The van der Waals surface area contributed by atoms with Gasteiger partial charge in [-0.1, -0.05) is 90.6 Å². The number of rotatable bonds is 6. The molecular formula is C25H22N2OS. The monoisotopic (exact) mass is 398 g/mol. The lowest BCUT2D eigenvalue weighted by molar-refractivity contribution is -0.119. The van der Waals surface area contributed by atoms with Gasteiger partial charge in [-0.25, -0.2) is 4.98 Å². The lowest BCUT2D eigenvalue weighted by Gasteiger charge is -2.20. The number of aromatic nitrogens is 1. The number of aryl methyl sites for hydroxylation is 1. The van der Waals surface area contributed by atoms with E-state index in [0.717, 1.165) is 27.1 Å². The molecule has 4 rings (SSSR count). The molecule has 4 heteroatoms. The zero-order valence-corrected chi connectivity index (χ0v) is 17.0. The van der Waals surface area contributed by atoms with Crippen molar-refractivity contribution in [2.45, 2.75) is 18.0 Å². The number of pyridine rings is 1. The van der Waals surface area contributed by atoms with Crippen LogP contribution in [-0.2, 0) is 4.79 Å². The molecule has 0 atom stereocenters. The molecule has 0 aliphatic carbocycles. The van der Waals surface area contributed by atoms with Crippen molar-refractivity contribution in [3.63, 3.8) is 0 Å². The fourth-order valence-corrected chi connectivity index (χ4v) is 4.17. The Balaban J connectivity index is 1.49. The highest BCUT2D eigenvalue weighted by atomic mass is 32.2. The first-order chi connectivity index (χ1) is 14.2. The van der Waals surface area contributed by atoms with Crippen LogP contribution in [0.15, 0.2) is 96.0 Å². The lowest BCUT2D eigenvalue weighted by Crippen LogP contribution is -2.30. The predicted molar refractivity (Wildman–Crippen MR) is 120 cm³/mol. The van der Waals surface area contributed by atoms with E-state index in [0.29, 0.717) is 5.75 Å². The number of thioether (sulfide) groups is 1. The summed E-state index contributed by atoms with van der Waals surface area (Å²) >= 11 is 1.47. The number of carbonyl (C=O) groups is 1. The normalized spacial score (nSPS) is 11.0. The van der Waals surface area contributed by atoms with E-state index in [-0.39, 0.29) is 11.9 Å². The number of benzene rings is 3. The number of amides is 1. The Bertz CT molecular complexity index is 1070. The maximum atomic E-state index is 12.8. The molecule has 29 heavy (non-hydrogen) atoms. The molecule has 144 valence electrons. The second kappa shape index (κ2) is 8.93. The van der Waals surface area contributed by atoms with Gasteiger partial charge >= 0.3 is 0 Å². The molecule has 0 saturated carbocycles. The third-order valence-corrected chi connectivity index (χ3v) is 5.73. The Morgan fingerprint density at radius 3 is 2.14 bits per heavy atom. The van der Waals surface area contributed by atoms with Crippen molar-refractivity contribution in [1.29, 1.82) is 0 Å². The number of para-hydroxylation sites is 1. The smallest absolute Gasteiger partial charge is 0.231 e. The van der Waals surface area contributed by atoms with Crippen LogP contribution in [0.2, 0.25) is 0 Å². The minimum Gasteiger partial charge on any atom is -0.344 e. The molecule has 0 unspecified atom stereocenters. The van der Waals surface area contributed by atoms with Gasteiger partial charge in [0, 0.05) is 5.39 Å². The van der Waals surface area contributed by atoms with Gasteiger partial charge in [-0.2, -0.15) is 0 Å². The summed E-state index contributed by atoms with van der Waals surface area (Å²) in [6, 6.07) is 30.1. The molecule has 0 spiro atoms. The fraction of sp³-hybridized carbons (Fsp3) is 0.120. The topological polar surface area (TPSA) is 42.0 Å². The van der Waals surface area contributed by atoms with Crippen molar-refractivity contribution in [2.24, 2.45) is 0 Å². The summed E-state index contributed by atoms with van der Waals surface area (Å²) < 4.78 is 0. The molecular weight excluding hydrogens is 376 g/mol. The van der Waals surface area contributed by atoms with Crippen LogP contribution >= 0.6 is 11.8 Å². The van der Waals surface area contributed by atoms with Crippen molar-refractivity contribution in [3.8, 4) is 0 Å². The van der Waals surface area contributed by atoms with Crippen LogP contribution in [0.3, 0.4) is 0 Å². The zero-order chi connectivity index (χ0) is 20.1. The SMILES string of the molecule is Cc1cc(SCC(=O)NC(c2ccccc2)c2ccccc2)nc2ccccc12. The van der Waals surface area contributed by atoms with Gasteiger partial charge in [-0.05, 0) is 35.7 Å². The van der Waals surface area contributed by atoms with Gasteiger partial charge in [0.15, 0.2) is 0 Å². The fourth-order valence-electron chi connectivity index (χ4n) is 3.38. The maximum Gasteiger partial charge on any atom is 0.231 e. The van der Waals surface area contributed by atoms with Crippen molar-refractivity contribution in [3.05, 3.63) is 108 Å². The van der Waals surface area contributed by atoms with Crippen LogP contribution in [0, 0.1) is 6.92 Å². The molecule has 1 amide bonds. The van der Waals surface area contributed by atoms with E-state index in [4.69, 9.17) is 0 Å².